The summed E-state index contributed by atoms with van der Waals surface area (Å²) in [6.07, 6.45) is 2.91. The van der Waals surface area contributed by atoms with Gasteiger partial charge in [0.1, 0.15) is 5.70 Å². The first-order chi connectivity index (χ1) is 10.8. The van der Waals surface area contributed by atoms with Crippen molar-refractivity contribution in [2.75, 3.05) is 6.26 Å². The first-order valence-corrected chi connectivity index (χ1v) is 9.69. The molecular weight excluding hydrogens is 352 g/mol. The van der Waals surface area contributed by atoms with Crippen molar-refractivity contribution in [1.29, 1.82) is 0 Å². The van der Waals surface area contributed by atoms with Gasteiger partial charge in [0.05, 0.1) is 4.90 Å². The van der Waals surface area contributed by atoms with Crippen molar-refractivity contribution in [3.8, 4) is 10.4 Å². The van der Waals surface area contributed by atoms with E-state index in [0.29, 0.717) is 15.7 Å². The number of sulfone groups is 1. The molecule has 1 aliphatic heterocycles. The van der Waals surface area contributed by atoms with E-state index in [4.69, 9.17) is 12.2 Å². The predicted octanol–water partition coefficient (Wildman–Crippen LogP) is 2.16. The van der Waals surface area contributed by atoms with Crippen LogP contribution in [-0.2, 0) is 14.6 Å². The Bertz CT molecular complexity index is 925. The van der Waals surface area contributed by atoms with Crippen molar-refractivity contribution in [2.45, 2.75) is 4.90 Å². The quantitative estimate of drug-likeness (QED) is 0.645. The largest absolute Gasteiger partial charge is 0.328 e. The van der Waals surface area contributed by atoms with Gasteiger partial charge in [-0.3, -0.25) is 10.1 Å². The van der Waals surface area contributed by atoms with Gasteiger partial charge in [-0.2, -0.15) is 0 Å². The topological polar surface area (TPSA) is 75.3 Å². The van der Waals surface area contributed by atoms with Gasteiger partial charge < -0.3 is 5.32 Å². The van der Waals surface area contributed by atoms with Crippen LogP contribution in [0.4, 0.5) is 0 Å². The van der Waals surface area contributed by atoms with E-state index >= 15 is 0 Å². The monoisotopic (exact) mass is 364 g/mol. The van der Waals surface area contributed by atoms with Crippen molar-refractivity contribution >= 4 is 50.5 Å². The van der Waals surface area contributed by atoms with E-state index in [1.54, 1.807) is 30.3 Å². The first-order valence-electron chi connectivity index (χ1n) is 6.57. The summed E-state index contributed by atoms with van der Waals surface area (Å²) in [6.45, 7) is 0. The Balaban J connectivity index is 1.86. The summed E-state index contributed by atoms with van der Waals surface area (Å²) in [4.78, 5) is 13.8. The maximum absolute atomic E-state index is 11.6. The number of hydrogen-bond acceptors (Lipinski definition) is 5. The van der Waals surface area contributed by atoms with E-state index in [1.165, 1.54) is 17.6 Å². The molecule has 1 fully saturated rings. The SMILES string of the molecule is CS(=O)(=O)c1ccc(-c2ccc(C=C3NC(=S)NC3=O)s2)cc1. The minimum Gasteiger partial charge on any atom is -0.328 e. The van der Waals surface area contributed by atoms with Crippen molar-refractivity contribution in [3.63, 3.8) is 0 Å². The summed E-state index contributed by atoms with van der Waals surface area (Å²) in [5.41, 5.74) is 1.34. The summed E-state index contributed by atoms with van der Waals surface area (Å²) < 4.78 is 22.9. The molecule has 8 heteroatoms. The van der Waals surface area contributed by atoms with Gasteiger partial charge in [-0.1, -0.05) is 12.1 Å². The third kappa shape index (κ3) is 3.49. The molecule has 5 nitrogen and oxygen atoms in total. The van der Waals surface area contributed by atoms with Gasteiger partial charge in [-0.15, -0.1) is 11.3 Å². The lowest BCUT2D eigenvalue weighted by Crippen LogP contribution is -2.21. The fourth-order valence-corrected chi connectivity index (χ4v) is 3.87. The summed E-state index contributed by atoms with van der Waals surface area (Å²) in [7, 11) is -3.19. The molecule has 0 radical (unpaired) electrons. The Morgan fingerprint density at radius 2 is 1.78 bits per heavy atom. The molecule has 0 unspecified atom stereocenters. The number of amides is 1. The molecule has 1 amide bonds. The number of carbonyl (C=O) groups is 1. The predicted molar refractivity (Wildman–Crippen MR) is 94.7 cm³/mol. The minimum atomic E-state index is -3.19. The Labute approximate surface area is 143 Å². The molecule has 1 saturated heterocycles. The highest BCUT2D eigenvalue weighted by Gasteiger charge is 2.20. The van der Waals surface area contributed by atoms with Crippen LogP contribution in [0.3, 0.4) is 0 Å². The van der Waals surface area contributed by atoms with Crippen molar-refractivity contribution < 1.29 is 13.2 Å². The van der Waals surface area contributed by atoms with E-state index in [1.807, 2.05) is 12.1 Å². The van der Waals surface area contributed by atoms with Crippen LogP contribution in [0.25, 0.3) is 16.5 Å². The maximum atomic E-state index is 11.6. The van der Waals surface area contributed by atoms with Crippen LogP contribution in [0, 0.1) is 0 Å². The summed E-state index contributed by atoms with van der Waals surface area (Å²) in [5.74, 6) is -0.248. The van der Waals surface area contributed by atoms with Gasteiger partial charge in [0.25, 0.3) is 5.91 Å². The molecule has 118 valence electrons. The van der Waals surface area contributed by atoms with E-state index in [0.717, 1.165) is 15.3 Å². The Morgan fingerprint density at radius 3 is 2.35 bits per heavy atom. The van der Waals surface area contributed by atoms with Crippen LogP contribution in [0.5, 0.6) is 0 Å². The number of rotatable bonds is 3. The second-order valence-corrected chi connectivity index (χ2v) is 8.50. The zero-order valence-corrected chi connectivity index (χ0v) is 14.4. The molecule has 2 heterocycles. The molecular formula is C15H12N2O3S3. The number of carbonyl (C=O) groups excluding carboxylic acids is 1. The first kappa shape index (κ1) is 15.9. The zero-order valence-electron chi connectivity index (χ0n) is 12.0. The van der Waals surface area contributed by atoms with Crippen LogP contribution in [0.15, 0.2) is 47.0 Å². The van der Waals surface area contributed by atoms with Crippen molar-refractivity contribution in [2.24, 2.45) is 0 Å². The van der Waals surface area contributed by atoms with Gasteiger partial charge in [0.15, 0.2) is 14.9 Å². The average molecular weight is 364 g/mol. The molecule has 23 heavy (non-hydrogen) atoms. The van der Waals surface area contributed by atoms with Crippen LogP contribution in [-0.4, -0.2) is 25.7 Å². The minimum absolute atomic E-state index is 0.248. The number of thiophene rings is 1. The molecule has 1 aliphatic rings. The highest BCUT2D eigenvalue weighted by molar-refractivity contribution is 7.90. The lowest BCUT2D eigenvalue weighted by molar-refractivity contribution is -0.115. The van der Waals surface area contributed by atoms with E-state index < -0.39 is 9.84 Å². The number of hydrogen-bond donors (Lipinski definition) is 2. The smallest absolute Gasteiger partial charge is 0.273 e. The summed E-state index contributed by atoms with van der Waals surface area (Å²) in [5, 5.41) is 5.60. The van der Waals surface area contributed by atoms with Gasteiger partial charge >= 0.3 is 0 Å². The van der Waals surface area contributed by atoms with Crippen LogP contribution in [0.1, 0.15) is 4.88 Å². The van der Waals surface area contributed by atoms with Crippen LogP contribution >= 0.6 is 23.6 Å². The molecule has 0 aliphatic carbocycles. The molecule has 3 rings (SSSR count). The van der Waals surface area contributed by atoms with E-state index in [-0.39, 0.29) is 5.91 Å². The second kappa shape index (κ2) is 5.88. The fourth-order valence-electron chi connectivity index (χ4n) is 2.08. The Hall–Kier alpha value is -2.03. The second-order valence-electron chi connectivity index (χ2n) is 4.96. The number of nitrogens with one attached hydrogen (secondary N) is 2. The van der Waals surface area contributed by atoms with Crippen LogP contribution in [0.2, 0.25) is 0 Å². The molecule has 2 N–H and O–H groups in total. The lowest BCUT2D eigenvalue weighted by Gasteiger charge is -2.00. The average Bonchev–Trinajstić information content (AvgIpc) is 3.06. The van der Waals surface area contributed by atoms with Gasteiger partial charge in [0.2, 0.25) is 0 Å². The normalized spacial score (nSPS) is 16.5. The highest BCUT2D eigenvalue weighted by Crippen LogP contribution is 2.30. The molecule has 0 spiro atoms. The standard InChI is InChI=1S/C15H12N2O3S3/c1-23(19,20)11-5-2-9(3-6-11)13-7-4-10(22-13)8-12-14(18)17-15(21)16-12/h2-8H,1H3,(H2,16,17,18,21). The van der Waals surface area contributed by atoms with Crippen LogP contribution < -0.4 is 10.6 Å². The molecule has 1 aromatic carbocycles. The Kier molecular flexibility index (Phi) is 4.05. The molecule has 0 bridgehead atoms. The maximum Gasteiger partial charge on any atom is 0.273 e. The van der Waals surface area contributed by atoms with Crippen molar-refractivity contribution in [3.05, 3.63) is 47.0 Å². The lowest BCUT2D eigenvalue weighted by atomic mass is 10.2. The third-order valence-electron chi connectivity index (χ3n) is 3.20. The Morgan fingerprint density at radius 1 is 1.09 bits per heavy atom. The third-order valence-corrected chi connectivity index (χ3v) is 5.61. The van der Waals surface area contributed by atoms with Gasteiger partial charge in [0, 0.05) is 16.0 Å². The number of thiocarbonyl (C=S) groups is 1. The van der Waals surface area contributed by atoms with Gasteiger partial charge in [-0.05, 0) is 48.1 Å². The highest BCUT2D eigenvalue weighted by atomic mass is 32.2. The molecule has 2 aromatic rings. The molecule has 1 aromatic heterocycles. The molecule has 0 saturated carbocycles. The van der Waals surface area contributed by atoms with Gasteiger partial charge in [-0.25, -0.2) is 8.42 Å². The van der Waals surface area contributed by atoms with Crippen molar-refractivity contribution in [1.82, 2.24) is 10.6 Å². The fraction of sp³-hybridized carbons (Fsp3) is 0.0667. The van der Waals surface area contributed by atoms with E-state index in [2.05, 4.69) is 10.6 Å². The summed E-state index contributed by atoms with van der Waals surface area (Å²) >= 11 is 6.38. The molecule has 0 atom stereocenters. The van der Waals surface area contributed by atoms with E-state index in [9.17, 15) is 13.2 Å². The summed E-state index contributed by atoms with van der Waals surface area (Å²) in [6, 6.07) is 10.6. The zero-order chi connectivity index (χ0) is 16.6. The number of benzene rings is 1.